The molecular formula is C19H24FN3. The molecule has 0 amide bonds. The fourth-order valence-electron chi connectivity index (χ4n) is 2.70. The summed E-state index contributed by atoms with van der Waals surface area (Å²) in [4.78, 5) is 8.65. The number of aromatic nitrogens is 1. The molecule has 1 fully saturated rings. The monoisotopic (exact) mass is 313 g/mol. The minimum atomic E-state index is -0.106. The van der Waals surface area contributed by atoms with E-state index in [1.54, 1.807) is 12.3 Å². The van der Waals surface area contributed by atoms with E-state index in [4.69, 9.17) is 0 Å². The van der Waals surface area contributed by atoms with Crippen molar-refractivity contribution in [3.63, 3.8) is 0 Å². The summed E-state index contributed by atoms with van der Waals surface area (Å²) >= 11 is 0. The van der Waals surface area contributed by atoms with Gasteiger partial charge in [-0.25, -0.2) is 4.39 Å². The lowest BCUT2D eigenvalue weighted by molar-refractivity contribution is 0.600. The zero-order valence-electron chi connectivity index (χ0n) is 13.8. The first-order valence-corrected chi connectivity index (χ1v) is 8.39. The van der Waals surface area contributed by atoms with Crippen LogP contribution in [0.3, 0.4) is 0 Å². The molecule has 23 heavy (non-hydrogen) atoms. The van der Waals surface area contributed by atoms with Crippen molar-refractivity contribution in [2.75, 3.05) is 13.1 Å². The van der Waals surface area contributed by atoms with Crippen molar-refractivity contribution < 1.29 is 4.39 Å². The molecule has 1 N–H and O–H groups in total. The topological polar surface area (TPSA) is 37.3 Å². The van der Waals surface area contributed by atoms with E-state index in [9.17, 15) is 4.39 Å². The van der Waals surface area contributed by atoms with Crippen LogP contribution < -0.4 is 5.32 Å². The molecule has 3 nitrogen and oxygen atoms in total. The normalized spacial score (nSPS) is 23.1. The zero-order chi connectivity index (χ0) is 16.2. The van der Waals surface area contributed by atoms with Crippen LogP contribution in [0.1, 0.15) is 38.4 Å². The van der Waals surface area contributed by atoms with Gasteiger partial charge in [-0.1, -0.05) is 19.9 Å². The van der Waals surface area contributed by atoms with Gasteiger partial charge in [0, 0.05) is 24.4 Å². The molecule has 0 bridgehead atoms. The van der Waals surface area contributed by atoms with E-state index < -0.39 is 0 Å². The lowest BCUT2D eigenvalue weighted by Gasteiger charge is -2.05. The highest BCUT2D eigenvalue weighted by Crippen LogP contribution is 2.34. The molecule has 1 aromatic heterocycles. The van der Waals surface area contributed by atoms with E-state index in [1.165, 1.54) is 24.1 Å². The number of aliphatic imine (C=N–C) groups is 1. The number of nitrogens with one attached hydrogen (secondary N) is 1. The van der Waals surface area contributed by atoms with Crippen molar-refractivity contribution >= 4 is 5.71 Å². The summed E-state index contributed by atoms with van der Waals surface area (Å²) in [6.07, 6.45) is 8.34. The van der Waals surface area contributed by atoms with E-state index >= 15 is 0 Å². The maximum atomic E-state index is 12.6. The predicted molar refractivity (Wildman–Crippen MR) is 92.1 cm³/mol. The Hall–Kier alpha value is -1.81. The summed E-state index contributed by atoms with van der Waals surface area (Å²) in [5.41, 5.74) is 3.77. The van der Waals surface area contributed by atoms with Crippen LogP contribution in [0.15, 0.2) is 52.9 Å². The smallest absolute Gasteiger partial charge is 0.112 e. The maximum absolute atomic E-state index is 12.6. The molecule has 0 spiro atoms. The molecule has 0 aromatic carbocycles. The van der Waals surface area contributed by atoms with Gasteiger partial charge in [-0.15, -0.1) is 0 Å². The quantitative estimate of drug-likeness (QED) is 0.915. The summed E-state index contributed by atoms with van der Waals surface area (Å²) in [7, 11) is 0. The van der Waals surface area contributed by atoms with E-state index in [2.05, 4.69) is 35.2 Å². The van der Waals surface area contributed by atoms with Gasteiger partial charge in [0.2, 0.25) is 0 Å². The standard InChI is InChI=1S/C10H15N.C9H9FN2/c1-7(2)9-5-10(11-6-9)8-3-4-8;10-7-5-9(12-6-7)8-3-1-2-4-11-8/h5,7-8H,3-4,6H2,1-2H3;1-5,9,12H,6H2. The molecule has 1 aliphatic carbocycles. The molecule has 1 aromatic rings. The van der Waals surface area contributed by atoms with Crippen molar-refractivity contribution in [2.24, 2.45) is 16.8 Å². The number of pyridine rings is 1. The molecule has 4 heteroatoms. The molecule has 2 aliphatic heterocycles. The highest BCUT2D eigenvalue weighted by atomic mass is 19.1. The molecular weight excluding hydrogens is 289 g/mol. The van der Waals surface area contributed by atoms with Crippen molar-refractivity contribution in [3.8, 4) is 0 Å². The maximum Gasteiger partial charge on any atom is 0.112 e. The van der Waals surface area contributed by atoms with Gasteiger partial charge >= 0.3 is 0 Å². The van der Waals surface area contributed by atoms with Gasteiger partial charge in [0.1, 0.15) is 5.83 Å². The number of rotatable bonds is 3. The second kappa shape index (κ2) is 7.18. The molecule has 0 radical (unpaired) electrons. The zero-order valence-corrected chi connectivity index (χ0v) is 13.8. The summed E-state index contributed by atoms with van der Waals surface area (Å²) < 4.78 is 12.6. The number of hydrogen-bond acceptors (Lipinski definition) is 3. The van der Waals surface area contributed by atoms with Crippen LogP contribution in [-0.4, -0.2) is 23.8 Å². The molecule has 3 heterocycles. The van der Waals surface area contributed by atoms with Gasteiger partial charge in [0.05, 0.1) is 18.3 Å². The Morgan fingerprint density at radius 3 is 2.61 bits per heavy atom. The Bertz CT molecular complexity index is 627. The molecule has 4 rings (SSSR count). The van der Waals surface area contributed by atoms with Gasteiger partial charge in [0.15, 0.2) is 0 Å². The molecule has 0 saturated heterocycles. The number of nitrogens with zero attached hydrogens (tertiary/aromatic N) is 2. The predicted octanol–water partition coefficient (Wildman–Crippen LogP) is 4.01. The fourth-order valence-corrected chi connectivity index (χ4v) is 2.70. The van der Waals surface area contributed by atoms with Gasteiger partial charge in [-0.05, 0) is 48.6 Å². The lowest BCUT2D eigenvalue weighted by atomic mass is 10.0. The summed E-state index contributed by atoms with van der Waals surface area (Å²) in [6, 6.07) is 5.57. The Balaban J connectivity index is 0.000000136. The largest absolute Gasteiger partial charge is 0.299 e. The second-order valence-corrected chi connectivity index (χ2v) is 6.62. The Kier molecular flexibility index (Phi) is 5.01. The first kappa shape index (κ1) is 16.1. The van der Waals surface area contributed by atoms with Crippen LogP contribution in [0.2, 0.25) is 0 Å². The third kappa shape index (κ3) is 4.35. The average Bonchev–Trinajstić information content (AvgIpc) is 3.11. The fraction of sp³-hybridized carbons (Fsp3) is 0.474. The minimum absolute atomic E-state index is 0.0498. The number of halogens is 1. The van der Waals surface area contributed by atoms with Crippen LogP contribution in [-0.2, 0) is 0 Å². The average molecular weight is 313 g/mol. The van der Waals surface area contributed by atoms with E-state index in [-0.39, 0.29) is 11.9 Å². The van der Waals surface area contributed by atoms with Crippen LogP contribution in [0, 0.1) is 11.8 Å². The summed E-state index contributed by atoms with van der Waals surface area (Å²) in [5.74, 6) is 1.42. The summed E-state index contributed by atoms with van der Waals surface area (Å²) in [5, 5.41) is 2.99. The van der Waals surface area contributed by atoms with Crippen LogP contribution >= 0.6 is 0 Å². The van der Waals surface area contributed by atoms with E-state index in [0.29, 0.717) is 12.5 Å². The molecule has 1 unspecified atom stereocenters. The van der Waals surface area contributed by atoms with Gasteiger partial charge in [0.25, 0.3) is 0 Å². The van der Waals surface area contributed by atoms with Gasteiger partial charge < -0.3 is 0 Å². The van der Waals surface area contributed by atoms with Crippen LogP contribution in [0.25, 0.3) is 0 Å². The first-order valence-electron chi connectivity index (χ1n) is 8.39. The number of hydrogen-bond donors (Lipinski definition) is 1. The van der Waals surface area contributed by atoms with Gasteiger partial charge in [-0.3, -0.25) is 15.3 Å². The Morgan fingerprint density at radius 2 is 2.09 bits per heavy atom. The highest BCUT2D eigenvalue weighted by Gasteiger charge is 2.28. The molecule has 1 atom stereocenters. The Morgan fingerprint density at radius 1 is 1.26 bits per heavy atom. The highest BCUT2D eigenvalue weighted by molar-refractivity contribution is 6.00. The van der Waals surface area contributed by atoms with Crippen LogP contribution in [0.4, 0.5) is 4.39 Å². The van der Waals surface area contributed by atoms with E-state index in [1.807, 2.05) is 18.2 Å². The van der Waals surface area contributed by atoms with Gasteiger partial charge in [-0.2, -0.15) is 0 Å². The molecule has 122 valence electrons. The Labute approximate surface area is 137 Å². The number of allylic oxidation sites excluding steroid dienone is 1. The third-order valence-electron chi connectivity index (χ3n) is 4.36. The first-order chi connectivity index (χ1) is 11.1. The van der Waals surface area contributed by atoms with Crippen molar-refractivity contribution in [3.05, 3.63) is 53.6 Å². The SMILES string of the molecule is CC(C)C1=CC(C2CC2)=NC1.FC1=CC(c2ccccn2)NC1. The van der Waals surface area contributed by atoms with Crippen molar-refractivity contribution in [1.29, 1.82) is 0 Å². The van der Waals surface area contributed by atoms with Crippen molar-refractivity contribution in [1.82, 2.24) is 10.3 Å². The van der Waals surface area contributed by atoms with Crippen molar-refractivity contribution in [2.45, 2.75) is 32.7 Å². The summed E-state index contributed by atoms with van der Waals surface area (Å²) in [6.45, 7) is 5.79. The molecule has 1 saturated carbocycles. The third-order valence-corrected chi connectivity index (χ3v) is 4.36. The lowest BCUT2D eigenvalue weighted by Crippen LogP contribution is -2.15. The van der Waals surface area contributed by atoms with E-state index in [0.717, 1.165) is 18.2 Å². The second-order valence-electron chi connectivity index (χ2n) is 6.62. The van der Waals surface area contributed by atoms with Crippen LogP contribution in [0.5, 0.6) is 0 Å². The minimum Gasteiger partial charge on any atom is -0.299 e. The molecule has 3 aliphatic rings.